The predicted molar refractivity (Wildman–Crippen MR) is 122 cm³/mol. The molecule has 2 saturated heterocycles. The molecule has 11 nitrogen and oxygen atoms in total. The Kier molecular flexibility index (Phi) is 4.87. The van der Waals surface area contributed by atoms with E-state index in [0.29, 0.717) is 16.6 Å². The van der Waals surface area contributed by atoms with Gasteiger partial charge in [-0.05, 0) is 38.0 Å². The standard InChI is InChI=1S/C24H22FN5O6/c1-10-9-30-19-12(8-24(21(30)11(2)35-10)15(31)7-16(32)28-22(24)33)6-13-18(29-36-20(13)17(19)25)14-4-5-26-23(27-14)34-3/h4-6,10-11,21H,7-9H2,1-3H3,(H,28,32,33)/t10-,11+,21-,24?/m1/s1. The molecule has 2 fully saturated rings. The topological polar surface area (TPSA) is 137 Å². The van der Waals surface area contributed by atoms with E-state index in [1.807, 2.05) is 6.92 Å². The molecule has 3 aliphatic rings. The quantitative estimate of drug-likeness (QED) is 0.412. The van der Waals surface area contributed by atoms with Crippen molar-refractivity contribution in [3.63, 3.8) is 0 Å². The first kappa shape index (κ1) is 22.5. The first-order chi connectivity index (χ1) is 17.2. The summed E-state index contributed by atoms with van der Waals surface area (Å²) in [5.41, 5.74) is -0.398. The minimum Gasteiger partial charge on any atom is -0.467 e. The number of benzene rings is 1. The molecule has 36 heavy (non-hydrogen) atoms. The van der Waals surface area contributed by atoms with Crippen LogP contribution in [0.3, 0.4) is 0 Å². The van der Waals surface area contributed by atoms with Gasteiger partial charge in [-0.25, -0.2) is 9.37 Å². The fraction of sp³-hybridized carbons (Fsp3) is 0.417. The molecule has 2 amide bonds. The molecule has 6 rings (SSSR count). The maximum atomic E-state index is 16.1. The molecule has 1 spiro atoms. The Hall–Kier alpha value is -3.93. The number of anilines is 1. The largest absolute Gasteiger partial charge is 0.467 e. The number of imide groups is 1. The Balaban J connectivity index is 1.59. The van der Waals surface area contributed by atoms with Gasteiger partial charge in [-0.1, -0.05) is 5.16 Å². The molecule has 4 atom stereocenters. The van der Waals surface area contributed by atoms with E-state index in [-0.39, 0.29) is 42.0 Å². The van der Waals surface area contributed by atoms with Crippen LogP contribution >= 0.6 is 0 Å². The summed E-state index contributed by atoms with van der Waals surface area (Å²) in [4.78, 5) is 48.7. The Morgan fingerprint density at radius 2 is 2.08 bits per heavy atom. The van der Waals surface area contributed by atoms with E-state index in [9.17, 15) is 14.4 Å². The van der Waals surface area contributed by atoms with Crippen molar-refractivity contribution in [3.8, 4) is 17.4 Å². The van der Waals surface area contributed by atoms with E-state index in [4.69, 9.17) is 14.0 Å². The van der Waals surface area contributed by atoms with Crippen LogP contribution in [0.15, 0.2) is 22.9 Å². The molecule has 1 N–H and O–H groups in total. The van der Waals surface area contributed by atoms with Crippen molar-refractivity contribution in [1.82, 2.24) is 20.4 Å². The Morgan fingerprint density at radius 3 is 2.83 bits per heavy atom. The van der Waals surface area contributed by atoms with Gasteiger partial charge in [0.2, 0.25) is 17.4 Å². The number of morpholine rings is 1. The number of ketones is 1. The number of carbonyl (C=O) groups excluding carboxylic acids is 3. The molecular weight excluding hydrogens is 473 g/mol. The van der Waals surface area contributed by atoms with Crippen LogP contribution in [0.4, 0.5) is 10.1 Å². The summed E-state index contributed by atoms with van der Waals surface area (Å²) in [6, 6.07) is 2.56. The van der Waals surface area contributed by atoms with E-state index in [2.05, 4.69) is 20.4 Å². The lowest BCUT2D eigenvalue weighted by atomic mass is 9.63. The van der Waals surface area contributed by atoms with Crippen LogP contribution in [0.2, 0.25) is 0 Å². The van der Waals surface area contributed by atoms with E-state index in [0.717, 1.165) is 0 Å². The molecule has 5 heterocycles. The van der Waals surface area contributed by atoms with Gasteiger partial charge in [0.05, 0.1) is 42.9 Å². The summed E-state index contributed by atoms with van der Waals surface area (Å²) in [6.07, 6.45) is 0.0653. The van der Waals surface area contributed by atoms with Crippen molar-refractivity contribution in [3.05, 3.63) is 29.7 Å². The number of amides is 2. The van der Waals surface area contributed by atoms with Crippen LogP contribution in [0.25, 0.3) is 22.4 Å². The molecule has 1 unspecified atom stereocenters. The lowest BCUT2D eigenvalue weighted by molar-refractivity contribution is -0.158. The van der Waals surface area contributed by atoms with Crippen molar-refractivity contribution in [2.24, 2.45) is 5.41 Å². The molecule has 3 aliphatic heterocycles. The van der Waals surface area contributed by atoms with Gasteiger partial charge in [0.25, 0.3) is 0 Å². The highest BCUT2D eigenvalue weighted by Gasteiger charge is 2.62. The average molecular weight is 495 g/mol. The monoisotopic (exact) mass is 495 g/mol. The van der Waals surface area contributed by atoms with Crippen LogP contribution in [0.1, 0.15) is 25.8 Å². The van der Waals surface area contributed by atoms with Gasteiger partial charge in [0, 0.05) is 12.7 Å². The summed E-state index contributed by atoms with van der Waals surface area (Å²) in [5.74, 6) is -2.50. The zero-order chi connectivity index (χ0) is 25.4. The number of ether oxygens (including phenoxy) is 2. The minimum absolute atomic E-state index is 0.0718. The van der Waals surface area contributed by atoms with Crippen LogP contribution in [-0.4, -0.2) is 64.6 Å². The lowest BCUT2D eigenvalue weighted by Crippen LogP contribution is -2.72. The summed E-state index contributed by atoms with van der Waals surface area (Å²) >= 11 is 0. The Morgan fingerprint density at radius 1 is 1.28 bits per heavy atom. The summed E-state index contributed by atoms with van der Waals surface area (Å²) in [7, 11) is 1.42. The zero-order valence-corrected chi connectivity index (χ0v) is 19.7. The maximum absolute atomic E-state index is 16.1. The molecule has 3 aromatic rings. The van der Waals surface area contributed by atoms with Crippen molar-refractivity contribution in [2.45, 2.75) is 44.9 Å². The van der Waals surface area contributed by atoms with Crippen LogP contribution in [-0.2, 0) is 25.5 Å². The zero-order valence-electron chi connectivity index (χ0n) is 19.7. The summed E-state index contributed by atoms with van der Waals surface area (Å²) < 4.78 is 32.6. The number of rotatable bonds is 2. The number of aromatic nitrogens is 3. The third kappa shape index (κ3) is 3.00. The lowest BCUT2D eigenvalue weighted by Gasteiger charge is -2.55. The number of nitrogens with one attached hydrogen (secondary N) is 1. The summed E-state index contributed by atoms with van der Waals surface area (Å²) in [6.45, 7) is 3.83. The number of hydrogen-bond donors (Lipinski definition) is 1. The molecule has 0 bridgehead atoms. The number of piperidine rings is 1. The third-order valence-electron chi connectivity index (χ3n) is 7.24. The minimum atomic E-state index is -1.62. The van der Waals surface area contributed by atoms with Gasteiger partial charge in [-0.15, -0.1) is 0 Å². The van der Waals surface area contributed by atoms with Crippen molar-refractivity contribution in [2.75, 3.05) is 18.6 Å². The average Bonchev–Trinajstić information content (AvgIpc) is 3.26. The molecular formula is C24H22FN5O6. The van der Waals surface area contributed by atoms with Crippen molar-refractivity contribution < 1.29 is 32.8 Å². The second kappa shape index (κ2) is 7.79. The molecule has 1 aromatic carbocycles. The normalized spacial score (nSPS) is 27.7. The van der Waals surface area contributed by atoms with Gasteiger partial charge >= 0.3 is 6.01 Å². The molecule has 186 valence electrons. The predicted octanol–water partition coefficient (Wildman–Crippen LogP) is 1.57. The first-order valence-electron chi connectivity index (χ1n) is 11.5. The number of nitrogens with zero attached hydrogens (tertiary/aromatic N) is 4. The van der Waals surface area contributed by atoms with Crippen molar-refractivity contribution >= 4 is 34.3 Å². The second-order valence-electron chi connectivity index (χ2n) is 9.41. The van der Waals surface area contributed by atoms with Gasteiger partial charge < -0.3 is 18.9 Å². The van der Waals surface area contributed by atoms with Crippen molar-refractivity contribution in [1.29, 1.82) is 0 Å². The fourth-order valence-electron chi connectivity index (χ4n) is 5.90. The van der Waals surface area contributed by atoms with Crippen LogP contribution in [0.5, 0.6) is 6.01 Å². The highest BCUT2D eigenvalue weighted by Crippen LogP contribution is 2.50. The number of hydrogen-bond acceptors (Lipinski definition) is 10. The highest BCUT2D eigenvalue weighted by atomic mass is 19.1. The Labute approximate surface area is 203 Å². The van der Waals surface area contributed by atoms with E-state index >= 15 is 4.39 Å². The summed E-state index contributed by atoms with van der Waals surface area (Å²) in [5, 5.41) is 6.71. The van der Waals surface area contributed by atoms with Gasteiger partial charge in [-0.2, -0.15) is 4.98 Å². The SMILES string of the molecule is COc1nccc(-c2noc3c(F)c4c(cc23)CC2(C(=O)CC(=O)NC2=O)[C@H]2[C@H](C)O[C@H](C)CN42)n1. The van der Waals surface area contributed by atoms with Crippen LogP contribution < -0.4 is 15.0 Å². The fourth-order valence-corrected chi connectivity index (χ4v) is 5.90. The first-order valence-corrected chi connectivity index (χ1v) is 11.5. The van der Waals surface area contributed by atoms with Crippen LogP contribution in [0, 0.1) is 11.2 Å². The number of fused-ring (bicyclic) bond motifs is 5. The molecule has 2 aromatic heterocycles. The number of methoxy groups -OCH3 is 1. The van der Waals surface area contributed by atoms with Gasteiger partial charge in [-0.3, -0.25) is 19.7 Å². The Bertz CT molecular complexity index is 1430. The van der Waals surface area contributed by atoms with E-state index in [1.165, 1.54) is 13.3 Å². The molecule has 0 aliphatic carbocycles. The third-order valence-corrected chi connectivity index (χ3v) is 7.24. The molecule has 0 radical (unpaired) electrons. The maximum Gasteiger partial charge on any atom is 0.316 e. The van der Waals surface area contributed by atoms with E-state index in [1.54, 1.807) is 24.0 Å². The van der Waals surface area contributed by atoms with Gasteiger partial charge in [0.15, 0.2) is 11.6 Å². The van der Waals surface area contributed by atoms with Gasteiger partial charge in [0.1, 0.15) is 16.8 Å². The van der Waals surface area contributed by atoms with E-state index < -0.39 is 47.4 Å². The number of Topliss-reactive ketones (excluding diaryl/α,β-unsaturated/α-hetero) is 1. The number of halogens is 1. The molecule has 12 heteroatoms. The number of carbonyl (C=O) groups is 3. The molecule has 0 saturated carbocycles. The highest BCUT2D eigenvalue weighted by molar-refractivity contribution is 6.22. The second-order valence-corrected chi connectivity index (χ2v) is 9.41. The smallest absolute Gasteiger partial charge is 0.316 e.